The van der Waals surface area contributed by atoms with E-state index in [0.29, 0.717) is 0 Å². The van der Waals surface area contributed by atoms with Gasteiger partial charge in [0.1, 0.15) is 5.38 Å². The molecule has 0 radical (unpaired) electrons. The van der Waals surface area contributed by atoms with Crippen LogP contribution in [0.4, 0.5) is 0 Å². The molecule has 1 aromatic rings. The molecule has 82 valence electrons. The first kappa shape index (κ1) is 12.4. The molecule has 4 nitrogen and oxygen atoms in total. The predicted molar refractivity (Wildman–Crippen MR) is 55.7 cm³/mol. The number of carbonyl (C=O) groups excluding carboxylic acids is 1. The molecular formula is C8H6Cl2O4S. The van der Waals surface area contributed by atoms with Gasteiger partial charge in [0.05, 0.1) is 4.90 Å². The molecule has 0 spiro atoms. The normalized spacial score (nSPS) is 13.5. The number of rotatable bonds is 3. The minimum atomic E-state index is -4.41. The molecule has 1 rings (SSSR count). The Morgan fingerprint density at radius 1 is 1.33 bits per heavy atom. The van der Waals surface area contributed by atoms with E-state index in [1.54, 1.807) is 0 Å². The molecule has 0 aliphatic heterocycles. The summed E-state index contributed by atoms with van der Waals surface area (Å²) in [4.78, 5) is 10.4. The Morgan fingerprint density at radius 3 is 2.33 bits per heavy atom. The summed E-state index contributed by atoms with van der Waals surface area (Å²) in [5.74, 6) is 0. The van der Waals surface area contributed by atoms with Crippen molar-refractivity contribution in [1.82, 2.24) is 0 Å². The highest BCUT2D eigenvalue weighted by atomic mass is 35.5. The van der Waals surface area contributed by atoms with Crippen LogP contribution in [-0.4, -0.2) is 18.2 Å². The van der Waals surface area contributed by atoms with Crippen LogP contribution in [0.2, 0.25) is 0 Å². The topological polar surface area (TPSA) is 71.4 Å². The minimum Gasteiger partial charge on any atom is -0.282 e. The van der Waals surface area contributed by atoms with Gasteiger partial charge < -0.3 is 0 Å². The first-order valence-corrected chi connectivity index (χ1v) is 5.99. The molecule has 15 heavy (non-hydrogen) atoms. The number of hydrogen-bond acceptors (Lipinski definition) is 3. The van der Waals surface area contributed by atoms with Crippen molar-refractivity contribution in [2.75, 3.05) is 0 Å². The van der Waals surface area contributed by atoms with Crippen LogP contribution in [0.25, 0.3) is 0 Å². The molecule has 0 bridgehead atoms. The van der Waals surface area contributed by atoms with Gasteiger partial charge in [0.2, 0.25) is 5.24 Å². The Morgan fingerprint density at radius 2 is 1.87 bits per heavy atom. The van der Waals surface area contributed by atoms with Crippen molar-refractivity contribution in [2.45, 2.75) is 10.3 Å². The molecule has 0 saturated carbocycles. The van der Waals surface area contributed by atoms with E-state index < -0.39 is 25.6 Å². The van der Waals surface area contributed by atoms with Crippen LogP contribution < -0.4 is 0 Å². The lowest BCUT2D eigenvalue weighted by atomic mass is 10.1. The number of benzene rings is 1. The van der Waals surface area contributed by atoms with Crippen LogP contribution in [0.3, 0.4) is 0 Å². The second kappa shape index (κ2) is 4.49. The van der Waals surface area contributed by atoms with Crippen molar-refractivity contribution in [3.8, 4) is 0 Å². The number of halogens is 2. The molecule has 7 heteroatoms. The number of hydrogen-bond donors (Lipinski definition) is 1. The van der Waals surface area contributed by atoms with Crippen LogP contribution in [0.5, 0.6) is 0 Å². The minimum absolute atomic E-state index is 0.0401. The number of carbonyl (C=O) groups is 1. The third kappa shape index (κ3) is 2.92. The van der Waals surface area contributed by atoms with Gasteiger partial charge in [0.25, 0.3) is 10.1 Å². The summed E-state index contributed by atoms with van der Waals surface area (Å²) >= 11 is 10.7. The zero-order chi connectivity index (χ0) is 11.6. The standard InChI is InChI=1S/C8H6Cl2O4S/c9-7(8(10)11)5-3-1-2-4-6(5)15(12,13)14/h1-4,7H,(H,12,13,14). The third-order valence-corrected chi connectivity index (χ3v) is 3.36. The van der Waals surface area contributed by atoms with Crippen molar-refractivity contribution < 1.29 is 17.8 Å². The van der Waals surface area contributed by atoms with Gasteiger partial charge in [0.15, 0.2) is 0 Å². The van der Waals surface area contributed by atoms with E-state index >= 15 is 0 Å². The van der Waals surface area contributed by atoms with Crippen LogP contribution in [0.15, 0.2) is 29.2 Å². The van der Waals surface area contributed by atoms with Crippen LogP contribution in [-0.2, 0) is 14.9 Å². The molecule has 0 amide bonds. The predicted octanol–water partition coefficient (Wildman–Crippen LogP) is 1.98. The monoisotopic (exact) mass is 268 g/mol. The summed E-state index contributed by atoms with van der Waals surface area (Å²) in [6.07, 6.45) is 0. The van der Waals surface area contributed by atoms with Crippen molar-refractivity contribution in [2.24, 2.45) is 0 Å². The van der Waals surface area contributed by atoms with Gasteiger partial charge in [0, 0.05) is 0 Å². The van der Waals surface area contributed by atoms with E-state index in [2.05, 4.69) is 0 Å². The average Bonchev–Trinajstić information content (AvgIpc) is 2.15. The van der Waals surface area contributed by atoms with Gasteiger partial charge in [-0.25, -0.2) is 0 Å². The molecule has 0 heterocycles. The Hall–Kier alpha value is -0.620. The SMILES string of the molecule is O=C(Cl)C(Cl)c1ccccc1S(=O)(=O)O. The van der Waals surface area contributed by atoms with Crippen LogP contribution >= 0.6 is 23.2 Å². The number of alkyl halides is 1. The first-order chi connectivity index (χ1) is 6.84. The Balaban J connectivity index is 3.37. The first-order valence-electron chi connectivity index (χ1n) is 3.74. The van der Waals surface area contributed by atoms with E-state index in [-0.39, 0.29) is 5.56 Å². The molecular weight excluding hydrogens is 263 g/mol. The Kier molecular flexibility index (Phi) is 3.72. The largest absolute Gasteiger partial charge is 0.294 e. The van der Waals surface area contributed by atoms with E-state index in [1.165, 1.54) is 18.2 Å². The highest BCUT2D eigenvalue weighted by Crippen LogP contribution is 2.28. The van der Waals surface area contributed by atoms with Gasteiger partial charge in [-0.05, 0) is 23.2 Å². The summed E-state index contributed by atoms with van der Waals surface area (Å²) in [7, 11) is -4.41. The lowest BCUT2D eigenvalue weighted by molar-refractivity contribution is -0.111. The summed E-state index contributed by atoms with van der Waals surface area (Å²) in [6, 6.07) is 5.33. The molecule has 1 atom stereocenters. The lowest BCUT2D eigenvalue weighted by Crippen LogP contribution is -2.07. The molecule has 1 N–H and O–H groups in total. The quantitative estimate of drug-likeness (QED) is 0.517. The van der Waals surface area contributed by atoms with E-state index in [1.807, 2.05) is 0 Å². The molecule has 0 fully saturated rings. The maximum Gasteiger partial charge on any atom is 0.294 e. The van der Waals surface area contributed by atoms with E-state index in [4.69, 9.17) is 27.8 Å². The van der Waals surface area contributed by atoms with Crippen molar-refractivity contribution in [3.63, 3.8) is 0 Å². The highest BCUT2D eigenvalue weighted by molar-refractivity contribution is 7.85. The van der Waals surface area contributed by atoms with Crippen molar-refractivity contribution in [3.05, 3.63) is 29.8 Å². The molecule has 0 aliphatic carbocycles. The van der Waals surface area contributed by atoms with Gasteiger partial charge in [-0.3, -0.25) is 9.35 Å². The average molecular weight is 269 g/mol. The maximum absolute atomic E-state index is 10.9. The Labute approximate surface area is 96.6 Å². The van der Waals surface area contributed by atoms with Crippen LogP contribution in [0, 0.1) is 0 Å². The van der Waals surface area contributed by atoms with Gasteiger partial charge >= 0.3 is 0 Å². The van der Waals surface area contributed by atoms with Gasteiger partial charge in [-0.15, -0.1) is 11.6 Å². The molecule has 0 aliphatic rings. The molecule has 1 aromatic carbocycles. The highest BCUT2D eigenvalue weighted by Gasteiger charge is 2.23. The van der Waals surface area contributed by atoms with Crippen molar-refractivity contribution >= 4 is 38.6 Å². The fourth-order valence-electron chi connectivity index (χ4n) is 1.05. The second-order valence-electron chi connectivity index (χ2n) is 2.68. The molecule has 1 unspecified atom stereocenters. The fourth-order valence-corrected chi connectivity index (χ4v) is 2.15. The van der Waals surface area contributed by atoms with Gasteiger partial charge in [-0.2, -0.15) is 8.42 Å². The third-order valence-electron chi connectivity index (χ3n) is 1.67. The summed E-state index contributed by atoms with van der Waals surface area (Å²) < 4.78 is 30.7. The summed E-state index contributed by atoms with van der Waals surface area (Å²) in [5.41, 5.74) is -0.0401. The van der Waals surface area contributed by atoms with E-state index in [9.17, 15) is 13.2 Å². The smallest absolute Gasteiger partial charge is 0.282 e. The Bertz CT molecular complexity index is 483. The van der Waals surface area contributed by atoms with E-state index in [0.717, 1.165) is 6.07 Å². The molecule has 0 aromatic heterocycles. The molecule has 0 saturated heterocycles. The fraction of sp³-hybridized carbons (Fsp3) is 0.125. The van der Waals surface area contributed by atoms with Gasteiger partial charge in [-0.1, -0.05) is 18.2 Å². The van der Waals surface area contributed by atoms with Crippen LogP contribution in [0.1, 0.15) is 10.9 Å². The van der Waals surface area contributed by atoms with Crippen molar-refractivity contribution in [1.29, 1.82) is 0 Å². The second-order valence-corrected chi connectivity index (χ2v) is 4.88. The maximum atomic E-state index is 10.9. The summed E-state index contributed by atoms with van der Waals surface area (Å²) in [5, 5.41) is -2.21. The summed E-state index contributed by atoms with van der Waals surface area (Å²) in [6.45, 7) is 0. The zero-order valence-corrected chi connectivity index (χ0v) is 9.55. The zero-order valence-electron chi connectivity index (χ0n) is 7.22. The lowest BCUT2D eigenvalue weighted by Gasteiger charge is -2.08.